The van der Waals surface area contributed by atoms with Gasteiger partial charge < -0.3 is 9.47 Å². The Morgan fingerprint density at radius 1 is 1.00 bits per heavy atom. The highest BCUT2D eigenvalue weighted by Gasteiger charge is 2.38. The molecule has 0 spiro atoms. The summed E-state index contributed by atoms with van der Waals surface area (Å²) < 4.78 is 10.3. The number of carbonyl (C=O) groups excluding carboxylic acids is 2. The molecule has 1 rings (SSSR count). The van der Waals surface area contributed by atoms with E-state index in [4.69, 9.17) is 9.47 Å². The first kappa shape index (κ1) is 20.9. The Morgan fingerprint density at radius 2 is 1.43 bits per heavy atom. The number of esters is 2. The molecule has 5 nitrogen and oxygen atoms in total. The molecule has 1 N–H and O–H groups in total. The van der Waals surface area contributed by atoms with E-state index in [9.17, 15) is 9.59 Å². The molecular formula is C17H22ClNO4. The zero-order chi connectivity index (χ0) is 16.8. The molecule has 126 valence electrons. The molecule has 0 aliphatic rings. The van der Waals surface area contributed by atoms with Crippen molar-refractivity contribution in [2.45, 2.75) is 32.2 Å². The number of hydrogen-bond acceptors (Lipinski definition) is 5. The minimum absolute atomic E-state index is 0. The monoisotopic (exact) mass is 339 g/mol. The maximum absolute atomic E-state index is 11.5. The Morgan fingerprint density at radius 3 is 1.83 bits per heavy atom. The van der Waals surface area contributed by atoms with Gasteiger partial charge in [-0.1, -0.05) is 43.5 Å². The molecule has 0 saturated heterocycles. The van der Waals surface area contributed by atoms with E-state index in [1.807, 2.05) is 44.2 Å². The summed E-state index contributed by atoms with van der Waals surface area (Å²) in [6, 6.07) is 9.51. The van der Waals surface area contributed by atoms with Gasteiger partial charge in [-0.25, -0.2) is 14.9 Å². The van der Waals surface area contributed by atoms with Crippen LogP contribution in [0.1, 0.15) is 26.3 Å². The average molecular weight is 340 g/mol. The van der Waals surface area contributed by atoms with Gasteiger partial charge in [0, 0.05) is 24.6 Å². The van der Waals surface area contributed by atoms with Crippen molar-refractivity contribution in [1.29, 1.82) is 0 Å². The van der Waals surface area contributed by atoms with Gasteiger partial charge >= 0.3 is 17.8 Å². The first-order valence-electron chi connectivity index (χ1n) is 6.78. The first-order valence-corrected chi connectivity index (χ1v) is 6.78. The number of hydrogen-bond donors (Lipinski definition) is 1. The minimum Gasteiger partial charge on any atom is -0.405 e. The smallest absolute Gasteiger partial charge is 0.334 e. The molecule has 0 aliphatic heterocycles. The van der Waals surface area contributed by atoms with Gasteiger partial charge in [0.05, 0.1) is 0 Å². The van der Waals surface area contributed by atoms with Crippen molar-refractivity contribution in [2.24, 2.45) is 0 Å². The van der Waals surface area contributed by atoms with Crippen molar-refractivity contribution in [3.63, 3.8) is 0 Å². The van der Waals surface area contributed by atoms with E-state index >= 15 is 0 Å². The van der Waals surface area contributed by atoms with E-state index in [2.05, 4.69) is 18.5 Å². The highest BCUT2D eigenvalue weighted by atomic mass is 35.5. The lowest BCUT2D eigenvalue weighted by molar-refractivity contribution is -0.234. The van der Waals surface area contributed by atoms with Crippen LogP contribution in [-0.2, 0) is 24.6 Å². The molecule has 0 atom stereocenters. The summed E-state index contributed by atoms with van der Waals surface area (Å²) in [6.07, 6.45) is 1.99. The second kappa shape index (κ2) is 8.50. The van der Waals surface area contributed by atoms with Gasteiger partial charge in [0.1, 0.15) is 0 Å². The van der Waals surface area contributed by atoms with Gasteiger partial charge in [-0.15, -0.1) is 12.4 Å². The molecule has 0 unspecified atom stereocenters. The third kappa shape index (κ3) is 6.26. The number of ether oxygens (including phenoxy) is 2. The Bertz CT molecular complexity index is 547. The number of benzene rings is 1. The summed E-state index contributed by atoms with van der Waals surface area (Å²) in [6.45, 7) is 11.9. The summed E-state index contributed by atoms with van der Waals surface area (Å²) in [5.74, 6) is -3.08. The van der Waals surface area contributed by atoms with Crippen LogP contribution in [0.15, 0.2) is 55.6 Å². The lowest BCUT2D eigenvalue weighted by Gasteiger charge is -2.37. The summed E-state index contributed by atoms with van der Waals surface area (Å²) in [5.41, 5.74) is 0.310. The largest absolute Gasteiger partial charge is 0.405 e. The zero-order valence-electron chi connectivity index (χ0n) is 13.5. The van der Waals surface area contributed by atoms with E-state index in [0.717, 1.165) is 17.7 Å². The predicted octanol–water partition coefficient (Wildman–Crippen LogP) is 3.07. The van der Waals surface area contributed by atoms with E-state index in [1.165, 1.54) is 6.92 Å². The molecule has 1 aromatic carbocycles. The van der Waals surface area contributed by atoms with Crippen molar-refractivity contribution >= 4 is 24.3 Å². The fourth-order valence-electron chi connectivity index (χ4n) is 2.03. The molecule has 0 amide bonds. The van der Waals surface area contributed by atoms with Crippen LogP contribution in [0, 0.1) is 0 Å². The molecule has 6 heteroatoms. The van der Waals surface area contributed by atoms with Gasteiger partial charge in [-0.3, -0.25) is 0 Å². The quantitative estimate of drug-likeness (QED) is 0.470. The van der Waals surface area contributed by atoms with E-state index in [-0.39, 0.29) is 12.4 Å². The third-order valence-corrected chi connectivity index (χ3v) is 2.96. The maximum atomic E-state index is 11.5. The molecule has 0 aliphatic carbocycles. The third-order valence-electron chi connectivity index (χ3n) is 2.96. The van der Waals surface area contributed by atoms with Crippen molar-refractivity contribution in [2.75, 3.05) is 0 Å². The number of nitrogens with one attached hydrogen (secondary N) is 1. The molecule has 0 radical (unpaired) electrons. The Kier molecular flexibility index (Phi) is 7.72. The van der Waals surface area contributed by atoms with Gasteiger partial charge in [0.15, 0.2) is 0 Å². The second-order valence-corrected chi connectivity index (χ2v) is 5.31. The highest BCUT2D eigenvalue weighted by molar-refractivity contribution is 5.85. The van der Waals surface area contributed by atoms with E-state index < -0.39 is 23.4 Å². The van der Waals surface area contributed by atoms with Gasteiger partial charge in [-0.05, 0) is 19.4 Å². The second-order valence-electron chi connectivity index (χ2n) is 5.31. The van der Waals surface area contributed by atoms with E-state index in [0.29, 0.717) is 0 Å². The first-order chi connectivity index (χ1) is 10.2. The van der Waals surface area contributed by atoms with Crippen LogP contribution in [0.2, 0.25) is 0 Å². The summed E-state index contributed by atoms with van der Waals surface area (Å²) in [7, 11) is 0. The SMILES string of the molecule is C=CC(=O)OC(C)(NC(C)(C)c1ccccc1)OC(=O)C=C.Cl. The molecule has 0 bridgehead atoms. The van der Waals surface area contributed by atoms with Gasteiger partial charge in [0.2, 0.25) is 0 Å². The molecule has 23 heavy (non-hydrogen) atoms. The van der Waals surface area contributed by atoms with Crippen molar-refractivity contribution in [1.82, 2.24) is 5.32 Å². The van der Waals surface area contributed by atoms with Crippen molar-refractivity contribution in [3.8, 4) is 0 Å². The summed E-state index contributed by atoms with van der Waals surface area (Å²) >= 11 is 0. The Labute approximate surface area is 142 Å². The summed E-state index contributed by atoms with van der Waals surface area (Å²) in [4.78, 5) is 23.0. The van der Waals surface area contributed by atoms with Crippen LogP contribution in [0.3, 0.4) is 0 Å². The topological polar surface area (TPSA) is 64.6 Å². The van der Waals surface area contributed by atoms with Crippen LogP contribution in [-0.4, -0.2) is 17.8 Å². The highest BCUT2D eigenvalue weighted by Crippen LogP contribution is 2.25. The van der Waals surface area contributed by atoms with E-state index in [1.54, 1.807) is 0 Å². The molecule has 0 heterocycles. The van der Waals surface area contributed by atoms with Crippen LogP contribution in [0.25, 0.3) is 0 Å². The Balaban J connectivity index is 0.00000484. The number of rotatable bonds is 7. The lowest BCUT2D eigenvalue weighted by atomic mass is 9.94. The molecule has 0 aromatic heterocycles. The molecule has 1 aromatic rings. The van der Waals surface area contributed by atoms with Crippen LogP contribution >= 0.6 is 12.4 Å². The fourth-order valence-corrected chi connectivity index (χ4v) is 2.03. The van der Waals surface area contributed by atoms with Crippen LogP contribution < -0.4 is 5.32 Å². The van der Waals surface area contributed by atoms with Crippen LogP contribution in [0.4, 0.5) is 0 Å². The zero-order valence-corrected chi connectivity index (χ0v) is 14.3. The van der Waals surface area contributed by atoms with Crippen LogP contribution in [0.5, 0.6) is 0 Å². The summed E-state index contributed by atoms with van der Waals surface area (Å²) in [5, 5.41) is 3.03. The minimum atomic E-state index is -1.66. The Hall–Kier alpha value is -2.11. The standard InChI is InChI=1S/C17H21NO4.ClH/c1-6-14(19)21-17(5,22-15(20)7-2)18-16(3,4)13-11-9-8-10-12-13;/h6-12,18H,1-2H2,3-5H3;1H. The van der Waals surface area contributed by atoms with Crippen molar-refractivity contribution in [3.05, 3.63) is 61.2 Å². The van der Waals surface area contributed by atoms with Crippen molar-refractivity contribution < 1.29 is 19.1 Å². The van der Waals surface area contributed by atoms with Gasteiger partial charge in [-0.2, -0.15) is 0 Å². The van der Waals surface area contributed by atoms with Gasteiger partial charge in [0.25, 0.3) is 0 Å². The maximum Gasteiger partial charge on any atom is 0.334 e. The normalized spacial score (nSPS) is 10.9. The fraction of sp³-hybridized carbons (Fsp3) is 0.294. The number of carbonyl (C=O) groups is 2. The predicted molar refractivity (Wildman–Crippen MR) is 90.8 cm³/mol. The lowest BCUT2D eigenvalue weighted by Crippen LogP contribution is -2.56. The molecule has 0 fully saturated rings. The molecular weight excluding hydrogens is 318 g/mol. The average Bonchev–Trinajstić information content (AvgIpc) is 2.46. The number of halogens is 1. The molecule has 0 saturated carbocycles.